The molecule has 0 aromatic carbocycles. The Hall–Kier alpha value is -2.04. The van der Waals surface area contributed by atoms with Crippen molar-refractivity contribution >= 4 is 17.9 Å². The second-order valence-electron chi connectivity index (χ2n) is 4.18. The van der Waals surface area contributed by atoms with Crippen LogP contribution in [0.15, 0.2) is 22.8 Å². The Morgan fingerprint density at radius 1 is 1.41 bits per heavy atom. The Morgan fingerprint density at radius 2 is 2.18 bits per heavy atom. The molecule has 1 aromatic heterocycles. The molecule has 1 aliphatic heterocycles. The lowest BCUT2D eigenvalue weighted by Crippen LogP contribution is -2.16. The van der Waals surface area contributed by atoms with Crippen molar-refractivity contribution in [1.29, 1.82) is 0 Å². The zero-order chi connectivity index (χ0) is 12.4. The van der Waals surface area contributed by atoms with E-state index in [9.17, 15) is 4.79 Å². The fraction of sp³-hybridized carbons (Fsp3) is 0.333. The number of rotatable bonds is 2. The van der Waals surface area contributed by atoms with E-state index in [-0.39, 0.29) is 12.0 Å². The quantitative estimate of drug-likeness (QED) is 0.761. The average molecular weight is 233 g/mol. The van der Waals surface area contributed by atoms with E-state index in [0.29, 0.717) is 11.5 Å². The molecular weight excluding hydrogens is 218 g/mol. The molecule has 0 unspecified atom stereocenters. The number of nitrogens with zero attached hydrogens (tertiary/aromatic N) is 1. The number of H-pyrrole nitrogens is 1. The molecule has 2 rings (SSSR count). The summed E-state index contributed by atoms with van der Waals surface area (Å²) in [6, 6.07) is 3.85. The molecule has 5 nitrogen and oxygen atoms in total. The minimum absolute atomic E-state index is 0.0183. The first-order valence-corrected chi connectivity index (χ1v) is 5.48. The Labute approximate surface area is 99.6 Å². The molecular formula is C12H15N3O2. The molecule has 2 N–H and O–H groups in total. The molecule has 17 heavy (non-hydrogen) atoms. The summed E-state index contributed by atoms with van der Waals surface area (Å²) in [5, 5.41) is 3.85. The van der Waals surface area contributed by atoms with Gasteiger partial charge in [-0.2, -0.15) is 0 Å². The Bertz CT molecular complexity index is 498. The van der Waals surface area contributed by atoms with Crippen LogP contribution in [0.3, 0.4) is 0 Å². The van der Waals surface area contributed by atoms with E-state index < -0.39 is 0 Å². The molecule has 1 aromatic rings. The number of carbonyl (C=O) groups excluding carboxylic acids is 1. The van der Waals surface area contributed by atoms with Crippen LogP contribution in [0.1, 0.15) is 25.2 Å². The monoisotopic (exact) mass is 233 g/mol. The predicted octanol–water partition coefficient (Wildman–Crippen LogP) is 1.57. The number of nitrogens with one attached hydrogen (secondary N) is 2. The molecule has 0 bridgehead atoms. The van der Waals surface area contributed by atoms with Gasteiger partial charge in [-0.15, -0.1) is 5.10 Å². The minimum atomic E-state index is -0.243. The average Bonchev–Trinajstić information content (AvgIpc) is 2.78. The van der Waals surface area contributed by atoms with Gasteiger partial charge in [0.25, 0.3) is 5.91 Å². The summed E-state index contributed by atoms with van der Waals surface area (Å²) in [4.78, 5) is 14.7. The highest BCUT2D eigenvalue weighted by atomic mass is 16.5. The van der Waals surface area contributed by atoms with Crippen LogP contribution in [0.4, 0.5) is 0 Å². The van der Waals surface area contributed by atoms with Crippen molar-refractivity contribution in [3.63, 3.8) is 0 Å². The van der Waals surface area contributed by atoms with Crippen LogP contribution in [0.25, 0.3) is 6.08 Å². The first-order valence-electron chi connectivity index (χ1n) is 5.48. The number of carbonyl (C=O) groups is 1. The number of hydrogen-bond donors (Lipinski definition) is 2. The zero-order valence-electron chi connectivity index (χ0n) is 10.1. The van der Waals surface area contributed by atoms with Gasteiger partial charge in [0, 0.05) is 11.4 Å². The van der Waals surface area contributed by atoms with Gasteiger partial charge in [-0.05, 0) is 39.0 Å². The lowest BCUT2D eigenvalue weighted by Gasteiger charge is -2.08. The first-order chi connectivity index (χ1) is 8.06. The molecule has 0 fully saturated rings. The molecule has 5 heteroatoms. The van der Waals surface area contributed by atoms with E-state index in [1.807, 2.05) is 32.9 Å². The minimum Gasteiger partial charge on any atom is -0.473 e. The van der Waals surface area contributed by atoms with Gasteiger partial charge in [-0.3, -0.25) is 4.79 Å². The van der Waals surface area contributed by atoms with Crippen molar-refractivity contribution in [3.05, 3.63) is 29.1 Å². The second kappa shape index (κ2) is 4.45. The van der Waals surface area contributed by atoms with Gasteiger partial charge in [0.2, 0.25) is 5.90 Å². The van der Waals surface area contributed by atoms with Crippen LogP contribution in [0.5, 0.6) is 0 Å². The summed E-state index contributed by atoms with van der Waals surface area (Å²) in [5.41, 5.74) is 4.74. The number of amides is 1. The van der Waals surface area contributed by atoms with Crippen molar-refractivity contribution in [1.82, 2.24) is 10.4 Å². The van der Waals surface area contributed by atoms with Crippen LogP contribution in [0, 0.1) is 6.92 Å². The van der Waals surface area contributed by atoms with E-state index in [4.69, 9.17) is 4.74 Å². The smallest absolute Gasteiger partial charge is 0.277 e. The summed E-state index contributed by atoms with van der Waals surface area (Å²) in [6.07, 6.45) is 1.71. The van der Waals surface area contributed by atoms with Gasteiger partial charge in [-0.25, -0.2) is 5.43 Å². The molecule has 0 saturated carbocycles. The summed E-state index contributed by atoms with van der Waals surface area (Å²) >= 11 is 0. The molecule has 1 aliphatic rings. The Morgan fingerprint density at radius 3 is 2.76 bits per heavy atom. The maximum absolute atomic E-state index is 11.6. The first kappa shape index (κ1) is 11.4. The molecule has 90 valence electrons. The summed E-state index contributed by atoms with van der Waals surface area (Å²) in [7, 11) is 0. The van der Waals surface area contributed by atoms with Crippen molar-refractivity contribution in [2.24, 2.45) is 5.10 Å². The van der Waals surface area contributed by atoms with Gasteiger partial charge in [-0.1, -0.05) is 0 Å². The van der Waals surface area contributed by atoms with Crippen molar-refractivity contribution in [2.75, 3.05) is 0 Å². The number of aryl methyl sites for hydroxylation is 1. The number of ether oxygens (including phenoxy) is 1. The lowest BCUT2D eigenvalue weighted by molar-refractivity contribution is -0.116. The molecule has 0 atom stereocenters. The van der Waals surface area contributed by atoms with Crippen LogP contribution in [-0.2, 0) is 9.53 Å². The fourth-order valence-electron chi connectivity index (χ4n) is 1.52. The third kappa shape index (κ3) is 2.55. The van der Waals surface area contributed by atoms with Gasteiger partial charge in [0.05, 0.1) is 6.10 Å². The number of aromatic nitrogens is 1. The van der Waals surface area contributed by atoms with Crippen molar-refractivity contribution in [3.8, 4) is 0 Å². The second-order valence-corrected chi connectivity index (χ2v) is 4.18. The largest absolute Gasteiger partial charge is 0.473 e. The summed E-state index contributed by atoms with van der Waals surface area (Å²) in [6.45, 7) is 5.74. The SMILES string of the molecule is Cc1ccc(/C=C2/C(=O)NN=C2OC(C)C)[nH]1. The lowest BCUT2D eigenvalue weighted by atomic mass is 10.2. The topological polar surface area (TPSA) is 66.5 Å². The number of hydrazone groups is 1. The molecule has 0 aliphatic carbocycles. The Balaban J connectivity index is 2.26. The van der Waals surface area contributed by atoms with E-state index >= 15 is 0 Å². The van der Waals surface area contributed by atoms with E-state index in [2.05, 4.69) is 15.5 Å². The van der Waals surface area contributed by atoms with Gasteiger partial charge in [0.15, 0.2) is 0 Å². The highest BCUT2D eigenvalue weighted by Crippen LogP contribution is 2.14. The third-order valence-corrected chi connectivity index (χ3v) is 2.24. The van der Waals surface area contributed by atoms with Crippen LogP contribution >= 0.6 is 0 Å². The fourth-order valence-corrected chi connectivity index (χ4v) is 1.52. The molecule has 0 saturated heterocycles. The zero-order valence-corrected chi connectivity index (χ0v) is 10.1. The van der Waals surface area contributed by atoms with Crippen LogP contribution in [-0.4, -0.2) is 22.9 Å². The van der Waals surface area contributed by atoms with Crippen LogP contribution < -0.4 is 5.43 Å². The molecule has 1 amide bonds. The summed E-state index contributed by atoms with van der Waals surface area (Å²) in [5.74, 6) is 0.102. The van der Waals surface area contributed by atoms with E-state index in [1.165, 1.54) is 0 Å². The van der Waals surface area contributed by atoms with Gasteiger partial charge < -0.3 is 9.72 Å². The van der Waals surface area contributed by atoms with Gasteiger partial charge >= 0.3 is 0 Å². The Kier molecular flexibility index (Phi) is 2.99. The van der Waals surface area contributed by atoms with E-state index in [0.717, 1.165) is 11.4 Å². The highest BCUT2D eigenvalue weighted by Gasteiger charge is 2.25. The number of hydrogen-bond acceptors (Lipinski definition) is 3. The summed E-state index contributed by atoms with van der Waals surface area (Å²) < 4.78 is 5.46. The van der Waals surface area contributed by atoms with E-state index in [1.54, 1.807) is 6.08 Å². The van der Waals surface area contributed by atoms with Crippen LogP contribution in [0.2, 0.25) is 0 Å². The predicted molar refractivity (Wildman–Crippen MR) is 65.3 cm³/mol. The maximum Gasteiger partial charge on any atom is 0.277 e. The van der Waals surface area contributed by atoms with Crippen molar-refractivity contribution in [2.45, 2.75) is 26.9 Å². The van der Waals surface area contributed by atoms with Crippen molar-refractivity contribution < 1.29 is 9.53 Å². The highest BCUT2D eigenvalue weighted by molar-refractivity contribution is 6.24. The standard InChI is InChI=1S/C12H15N3O2/c1-7(2)17-12-10(11(16)14-15-12)6-9-5-4-8(3)13-9/h4-7,13H,1-3H3,(H,14,16)/b10-6-. The normalized spacial score (nSPS) is 17.5. The molecule has 0 radical (unpaired) electrons. The maximum atomic E-state index is 11.6. The number of aromatic amines is 1. The molecule has 0 spiro atoms. The van der Waals surface area contributed by atoms with Gasteiger partial charge in [0.1, 0.15) is 5.57 Å². The third-order valence-electron chi connectivity index (χ3n) is 2.24. The molecule has 2 heterocycles.